The summed E-state index contributed by atoms with van der Waals surface area (Å²) in [5.41, 5.74) is 6.23. The van der Waals surface area contributed by atoms with Gasteiger partial charge in [0.25, 0.3) is 0 Å². The molecule has 0 saturated heterocycles. The molecule has 6 heteroatoms. The highest BCUT2D eigenvalue weighted by Gasteiger charge is 2.05. The molecule has 0 aliphatic heterocycles. The van der Waals surface area contributed by atoms with Gasteiger partial charge in [0, 0.05) is 12.4 Å². The van der Waals surface area contributed by atoms with Crippen molar-refractivity contribution in [3.05, 3.63) is 34.2 Å². The molecule has 0 atom stereocenters. The first kappa shape index (κ1) is 9.48. The monoisotopic (exact) mass is 272 g/mol. The van der Waals surface area contributed by atoms with Gasteiger partial charge < -0.3 is 5.73 Å². The SMILES string of the molecule is Nc1cc(Cl)cnc1-n1cc(Br)cn1. The number of halogens is 2. The van der Waals surface area contributed by atoms with E-state index < -0.39 is 0 Å². The van der Waals surface area contributed by atoms with Gasteiger partial charge >= 0.3 is 0 Å². The van der Waals surface area contributed by atoms with Crippen LogP contribution in [0.2, 0.25) is 5.02 Å². The predicted octanol–water partition coefficient (Wildman–Crippen LogP) is 2.27. The average Bonchev–Trinajstić information content (AvgIpc) is 2.51. The molecule has 2 aromatic heterocycles. The molecule has 2 aromatic rings. The maximum absolute atomic E-state index is 5.74. The molecule has 0 aliphatic carbocycles. The molecule has 2 N–H and O–H groups in total. The van der Waals surface area contributed by atoms with Gasteiger partial charge in [-0.25, -0.2) is 9.67 Å². The van der Waals surface area contributed by atoms with Crippen LogP contribution in [0.1, 0.15) is 0 Å². The first-order chi connectivity index (χ1) is 6.66. The van der Waals surface area contributed by atoms with Crippen LogP contribution >= 0.6 is 27.5 Å². The van der Waals surface area contributed by atoms with Gasteiger partial charge in [0.05, 0.1) is 21.4 Å². The second kappa shape index (κ2) is 3.59. The van der Waals surface area contributed by atoms with Gasteiger partial charge in [-0.15, -0.1) is 0 Å². The molecule has 0 spiro atoms. The zero-order valence-electron chi connectivity index (χ0n) is 6.98. The minimum atomic E-state index is 0.494. The highest BCUT2D eigenvalue weighted by molar-refractivity contribution is 9.10. The number of pyridine rings is 1. The van der Waals surface area contributed by atoms with E-state index in [9.17, 15) is 0 Å². The van der Waals surface area contributed by atoms with E-state index in [-0.39, 0.29) is 0 Å². The summed E-state index contributed by atoms with van der Waals surface area (Å²) in [6.45, 7) is 0. The van der Waals surface area contributed by atoms with Crippen LogP contribution in [0.5, 0.6) is 0 Å². The van der Waals surface area contributed by atoms with Crippen molar-refractivity contribution in [2.45, 2.75) is 0 Å². The van der Waals surface area contributed by atoms with Crippen LogP contribution in [0.15, 0.2) is 29.1 Å². The van der Waals surface area contributed by atoms with Crippen LogP contribution in [0.4, 0.5) is 5.69 Å². The van der Waals surface area contributed by atoms with Crippen molar-refractivity contribution >= 4 is 33.2 Å². The van der Waals surface area contributed by atoms with Gasteiger partial charge in [-0.2, -0.15) is 5.10 Å². The first-order valence-electron chi connectivity index (χ1n) is 3.78. The fourth-order valence-electron chi connectivity index (χ4n) is 1.06. The number of hydrogen-bond acceptors (Lipinski definition) is 3. The Hall–Kier alpha value is -1.07. The second-order valence-electron chi connectivity index (χ2n) is 2.67. The minimum Gasteiger partial charge on any atom is -0.396 e. The summed E-state index contributed by atoms with van der Waals surface area (Å²) in [5.74, 6) is 0.570. The zero-order chi connectivity index (χ0) is 10.1. The molecule has 0 saturated carbocycles. The van der Waals surface area contributed by atoms with Crippen LogP contribution in [0.3, 0.4) is 0 Å². The minimum absolute atomic E-state index is 0.494. The van der Waals surface area contributed by atoms with Crippen LogP contribution in [0.25, 0.3) is 5.82 Å². The summed E-state index contributed by atoms with van der Waals surface area (Å²) in [4.78, 5) is 4.08. The normalized spacial score (nSPS) is 10.4. The zero-order valence-corrected chi connectivity index (χ0v) is 9.33. The van der Waals surface area contributed by atoms with Crippen molar-refractivity contribution in [2.75, 3.05) is 5.73 Å². The Bertz CT molecular complexity index is 468. The van der Waals surface area contributed by atoms with Crippen molar-refractivity contribution in [2.24, 2.45) is 0 Å². The van der Waals surface area contributed by atoms with E-state index in [1.54, 1.807) is 23.1 Å². The number of rotatable bonds is 1. The van der Waals surface area contributed by atoms with Gasteiger partial charge in [-0.3, -0.25) is 0 Å². The van der Waals surface area contributed by atoms with Crippen molar-refractivity contribution in [1.82, 2.24) is 14.8 Å². The molecule has 72 valence electrons. The van der Waals surface area contributed by atoms with Crippen LogP contribution < -0.4 is 5.73 Å². The number of aromatic nitrogens is 3. The summed E-state index contributed by atoms with van der Waals surface area (Å²) in [5, 5.41) is 4.57. The van der Waals surface area contributed by atoms with E-state index >= 15 is 0 Å². The molecule has 2 heterocycles. The Kier molecular flexibility index (Phi) is 2.43. The Balaban J connectivity index is 2.52. The van der Waals surface area contributed by atoms with E-state index in [4.69, 9.17) is 17.3 Å². The van der Waals surface area contributed by atoms with Crippen molar-refractivity contribution in [3.63, 3.8) is 0 Å². The molecule has 0 aromatic carbocycles. The van der Waals surface area contributed by atoms with Gasteiger partial charge in [0.2, 0.25) is 0 Å². The van der Waals surface area contributed by atoms with Gasteiger partial charge in [-0.05, 0) is 22.0 Å². The lowest BCUT2D eigenvalue weighted by Crippen LogP contribution is -2.02. The highest BCUT2D eigenvalue weighted by Crippen LogP contribution is 2.19. The van der Waals surface area contributed by atoms with E-state index in [1.165, 1.54) is 6.20 Å². The third-order valence-corrected chi connectivity index (χ3v) is 2.25. The van der Waals surface area contributed by atoms with Crippen molar-refractivity contribution < 1.29 is 0 Å². The molecule has 2 rings (SSSR count). The Labute approximate surface area is 93.8 Å². The third-order valence-electron chi connectivity index (χ3n) is 1.63. The summed E-state index contributed by atoms with van der Waals surface area (Å²) >= 11 is 9.02. The van der Waals surface area contributed by atoms with Gasteiger partial charge in [0.1, 0.15) is 0 Å². The Morgan fingerprint density at radius 3 is 2.79 bits per heavy atom. The molecule has 0 fully saturated rings. The maximum atomic E-state index is 5.74. The molecular formula is C8H6BrClN4. The van der Waals surface area contributed by atoms with Crippen LogP contribution in [0, 0.1) is 0 Å². The summed E-state index contributed by atoms with van der Waals surface area (Å²) < 4.78 is 2.45. The predicted molar refractivity (Wildman–Crippen MR) is 58.5 cm³/mol. The van der Waals surface area contributed by atoms with Gasteiger partial charge in [0.15, 0.2) is 5.82 Å². The number of nitrogens with two attached hydrogens (primary N) is 1. The maximum Gasteiger partial charge on any atom is 0.176 e. The summed E-state index contributed by atoms with van der Waals surface area (Å²) in [7, 11) is 0. The standard InChI is InChI=1S/C8H6BrClN4/c9-5-2-13-14(4-5)8-7(11)1-6(10)3-12-8/h1-4H,11H2. The lowest BCUT2D eigenvalue weighted by molar-refractivity contribution is 0.850. The average molecular weight is 274 g/mol. The lowest BCUT2D eigenvalue weighted by Gasteiger charge is -2.03. The van der Waals surface area contributed by atoms with Crippen molar-refractivity contribution in [3.8, 4) is 5.82 Å². The Morgan fingerprint density at radius 1 is 1.43 bits per heavy atom. The molecule has 0 amide bonds. The molecular weight excluding hydrogens is 267 g/mol. The topological polar surface area (TPSA) is 56.7 Å². The fraction of sp³-hybridized carbons (Fsp3) is 0. The molecule has 0 bridgehead atoms. The molecule has 0 radical (unpaired) electrons. The molecule has 0 aliphatic rings. The van der Waals surface area contributed by atoms with Crippen LogP contribution in [-0.4, -0.2) is 14.8 Å². The highest BCUT2D eigenvalue weighted by atomic mass is 79.9. The van der Waals surface area contributed by atoms with E-state index in [0.717, 1.165) is 4.47 Å². The fourth-order valence-corrected chi connectivity index (χ4v) is 1.51. The number of nitrogens with zero attached hydrogens (tertiary/aromatic N) is 3. The third kappa shape index (κ3) is 1.73. The number of nitrogen functional groups attached to an aromatic ring is 1. The quantitative estimate of drug-likeness (QED) is 0.867. The Morgan fingerprint density at radius 2 is 2.21 bits per heavy atom. The lowest BCUT2D eigenvalue weighted by atomic mass is 10.4. The van der Waals surface area contributed by atoms with E-state index in [1.807, 2.05) is 0 Å². The summed E-state index contributed by atoms with van der Waals surface area (Å²) in [6, 6.07) is 1.64. The number of hydrogen-bond donors (Lipinski definition) is 1. The van der Waals surface area contributed by atoms with Crippen molar-refractivity contribution in [1.29, 1.82) is 0 Å². The number of anilines is 1. The van der Waals surface area contributed by atoms with Gasteiger partial charge in [-0.1, -0.05) is 11.6 Å². The molecule has 0 unspecified atom stereocenters. The molecule has 4 nitrogen and oxygen atoms in total. The summed E-state index contributed by atoms with van der Waals surface area (Å²) in [6.07, 6.45) is 4.96. The van der Waals surface area contributed by atoms with E-state index in [2.05, 4.69) is 26.0 Å². The smallest absolute Gasteiger partial charge is 0.176 e. The molecule has 14 heavy (non-hydrogen) atoms. The first-order valence-corrected chi connectivity index (χ1v) is 4.95. The van der Waals surface area contributed by atoms with Crippen LogP contribution in [-0.2, 0) is 0 Å². The second-order valence-corrected chi connectivity index (χ2v) is 4.02. The van der Waals surface area contributed by atoms with E-state index in [0.29, 0.717) is 16.5 Å². The largest absolute Gasteiger partial charge is 0.396 e.